The third-order valence-corrected chi connectivity index (χ3v) is 4.69. The lowest BCUT2D eigenvalue weighted by atomic mass is 10.1. The van der Waals surface area contributed by atoms with Crippen LogP contribution in [0, 0.1) is 0 Å². The highest BCUT2D eigenvalue weighted by Crippen LogP contribution is 2.26. The van der Waals surface area contributed by atoms with Gasteiger partial charge in [0.05, 0.1) is 5.71 Å². The first-order valence-electron chi connectivity index (χ1n) is 9.28. The number of fused-ring (bicyclic) bond motifs is 3. The molecule has 1 amide bonds. The van der Waals surface area contributed by atoms with Gasteiger partial charge in [-0.3, -0.25) is 4.79 Å². The fourth-order valence-electron chi connectivity index (χ4n) is 3.21. The molecule has 0 radical (unpaired) electrons. The summed E-state index contributed by atoms with van der Waals surface area (Å²) in [6.45, 7) is 3.54. The monoisotopic (exact) mass is 383 g/mol. The van der Waals surface area contributed by atoms with Gasteiger partial charge < -0.3 is 16.0 Å². The Morgan fingerprint density at radius 2 is 1.69 bits per heavy atom. The molecule has 0 unspecified atom stereocenters. The summed E-state index contributed by atoms with van der Waals surface area (Å²) in [5.41, 5.74) is 9.32. The number of carbonyl (C=O) groups is 1. The number of nitrogens with two attached hydrogens (primary N) is 1. The second-order valence-corrected chi connectivity index (χ2v) is 6.89. The summed E-state index contributed by atoms with van der Waals surface area (Å²) < 4.78 is 0. The number of nitrogens with zero attached hydrogens (tertiary/aromatic N) is 2. The van der Waals surface area contributed by atoms with E-state index in [0.29, 0.717) is 17.2 Å². The van der Waals surface area contributed by atoms with Gasteiger partial charge in [-0.05, 0) is 54.4 Å². The zero-order valence-electron chi connectivity index (χ0n) is 16.2. The lowest BCUT2D eigenvalue weighted by molar-refractivity contribution is 0.102. The number of H-pyrrole nitrogens is 1. The van der Waals surface area contributed by atoms with Gasteiger partial charge in [0.2, 0.25) is 0 Å². The molecule has 0 aliphatic carbocycles. The zero-order chi connectivity index (χ0) is 20.4. The first-order chi connectivity index (χ1) is 14.0. The molecule has 0 bridgehead atoms. The number of amides is 1. The normalized spacial score (nSPS) is 12.5. The lowest BCUT2D eigenvalue weighted by Gasteiger charge is -2.05. The van der Waals surface area contributed by atoms with Crippen LogP contribution in [0.4, 0.5) is 5.69 Å². The summed E-state index contributed by atoms with van der Waals surface area (Å²) in [5, 5.41) is 14.2. The van der Waals surface area contributed by atoms with Crippen molar-refractivity contribution in [2.75, 3.05) is 5.32 Å². The Morgan fingerprint density at radius 1 is 0.931 bits per heavy atom. The van der Waals surface area contributed by atoms with E-state index >= 15 is 0 Å². The van der Waals surface area contributed by atoms with Crippen LogP contribution in [0.3, 0.4) is 0 Å². The number of aromatic nitrogens is 1. The zero-order valence-corrected chi connectivity index (χ0v) is 16.2. The van der Waals surface area contributed by atoms with Crippen molar-refractivity contribution in [1.82, 2.24) is 4.98 Å². The Kier molecular flexibility index (Phi) is 4.83. The van der Waals surface area contributed by atoms with E-state index in [2.05, 4.69) is 38.7 Å². The van der Waals surface area contributed by atoms with Crippen molar-refractivity contribution in [3.05, 3.63) is 78.0 Å². The first kappa shape index (κ1) is 18.4. The van der Waals surface area contributed by atoms with Gasteiger partial charge in [-0.25, -0.2) is 0 Å². The molecule has 4 aromatic rings. The summed E-state index contributed by atoms with van der Waals surface area (Å²) in [4.78, 5) is 15.9. The number of benzene rings is 3. The van der Waals surface area contributed by atoms with E-state index in [-0.39, 0.29) is 5.91 Å². The van der Waals surface area contributed by atoms with Gasteiger partial charge in [0.25, 0.3) is 5.91 Å². The van der Waals surface area contributed by atoms with Crippen molar-refractivity contribution in [3.63, 3.8) is 0 Å². The second-order valence-electron chi connectivity index (χ2n) is 6.89. The number of nitrogens with one attached hydrogen (secondary N) is 2. The van der Waals surface area contributed by atoms with E-state index in [1.54, 1.807) is 6.92 Å². The van der Waals surface area contributed by atoms with E-state index in [1.807, 2.05) is 55.5 Å². The molecule has 6 nitrogen and oxygen atoms in total. The van der Waals surface area contributed by atoms with Gasteiger partial charge in [0.15, 0.2) is 0 Å². The molecule has 0 atom stereocenters. The Labute approximate surface area is 168 Å². The minimum Gasteiger partial charge on any atom is -0.386 e. The van der Waals surface area contributed by atoms with E-state index < -0.39 is 0 Å². The minimum atomic E-state index is -0.188. The van der Waals surface area contributed by atoms with Crippen molar-refractivity contribution in [3.8, 4) is 0 Å². The Bertz CT molecular complexity index is 1260. The minimum absolute atomic E-state index is 0.188. The number of rotatable bonds is 4. The van der Waals surface area contributed by atoms with Gasteiger partial charge in [-0.15, -0.1) is 5.10 Å². The van der Waals surface area contributed by atoms with Gasteiger partial charge in [-0.2, -0.15) is 5.10 Å². The number of carbonyl (C=O) groups excluding carboxylic acids is 1. The van der Waals surface area contributed by atoms with Crippen LogP contribution in [0.15, 0.2) is 76.9 Å². The number of amidine groups is 1. The molecule has 4 rings (SSSR count). The third kappa shape index (κ3) is 3.87. The molecule has 0 saturated heterocycles. The second kappa shape index (κ2) is 7.59. The standard InChI is InChI=1S/C23H21N5O/c1-14(27-28-15(2)24)16-7-10-18(11-8-16)25-23(29)22-13-20-19-6-4-3-5-17(19)9-12-21(20)26-22/h3-13,26H,1-2H3,(H2,24,28)(H,25,29)/b27-14+. The van der Waals surface area contributed by atoms with Crippen molar-refractivity contribution >= 4 is 44.8 Å². The number of hydrogen-bond donors (Lipinski definition) is 3. The highest BCUT2D eigenvalue weighted by molar-refractivity contribution is 6.12. The van der Waals surface area contributed by atoms with Crippen LogP contribution in [-0.4, -0.2) is 22.4 Å². The molecule has 6 heteroatoms. The van der Waals surface area contributed by atoms with Gasteiger partial charge >= 0.3 is 0 Å². The molecule has 0 fully saturated rings. The summed E-state index contributed by atoms with van der Waals surface area (Å²) in [5.74, 6) is 0.214. The van der Waals surface area contributed by atoms with Crippen molar-refractivity contribution in [1.29, 1.82) is 0 Å². The van der Waals surface area contributed by atoms with E-state index in [9.17, 15) is 4.79 Å². The molecule has 1 aromatic heterocycles. The first-order valence-corrected chi connectivity index (χ1v) is 9.28. The van der Waals surface area contributed by atoms with Crippen LogP contribution in [-0.2, 0) is 0 Å². The van der Waals surface area contributed by atoms with Crippen molar-refractivity contribution in [2.45, 2.75) is 13.8 Å². The third-order valence-electron chi connectivity index (χ3n) is 4.69. The average Bonchev–Trinajstić information content (AvgIpc) is 3.17. The predicted octanol–water partition coefficient (Wildman–Crippen LogP) is 4.67. The summed E-state index contributed by atoms with van der Waals surface area (Å²) in [6, 6.07) is 21.5. The maximum Gasteiger partial charge on any atom is 0.272 e. The van der Waals surface area contributed by atoms with Crippen molar-refractivity contribution in [2.24, 2.45) is 15.9 Å². The number of anilines is 1. The van der Waals surface area contributed by atoms with Crippen LogP contribution >= 0.6 is 0 Å². The molecule has 0 spiro atoms. The molecular formula is C23H21N5O. The summed E-state index contributed by atoms with van der Waals surface area (Å²) in [6.07, 6.45) is 0. The van der Waals surface area contributed by atoms with Gasteiger partial charge in [-0.1, -0.05) is 42.5 Å². The van der Waals surface area contributed by atoms with Crippen molar-refractivity contribution < 1.29 is 4.79 Å². The molecule has 4 N–H and O–H groups in total. The highest BCUT2D eigenvalue weighted by atomic mass is 16.1. The van der Waals surface area contributed by atoms with Crippen LogP contribution < -0.4 is 11.1 Å². The Morgan fingerprint density at radius 3 is 2.45 bits per heavy atom. The predicted molar refractivity (Wildman–Crippen MR) is 120 cm³/mol. The summed E-state index contributed by atoms with van der Waals surface area (Å²) >= 11 is 0. The summed E-state index contributed by atoms with van der Waals surface area (Å²) in [7, 11) is 0. The average molecular weight is 383 g/mol. The van der Waals surface area contributed by atoms with Gasteiger partial charge in [0, 0.05) is 16.6 Å². The fraction of sp³-hybridized carbons (Fsp3) is 0.0870. The molecule has 0 saturated carbocycles. The van der Waals surface area contributed by atoms with Crippen LogP contribution in [0.1, 0.15) is 29.9 Å². The van der Waals surface area contributed by atoms with Crippen LogP contribution in [0.2, 0.25) is 0 Å². The van der Waals surface area contributed by atoms with E-state index in [0.717, 1.165) is 33.0 Å². The molecule has 1 heterocycles. The quantitative estimate of drug-likeness (QED) is 0.271. The Balaban J connectivity index is 1.56. The maximum atomic E-state index is 12.7. The van der Waals surface area contributed by atoms with Gasteiger partial charge in [0.1, 0.15) is 11.5 Å². The lowest BCUT2D eigenvalue weighted by Crippen LogP contribution is -2.12. The molecular weight excluding hydrogens is 362 g/mol. The van der Waals surface area contributed by atoms with E-state index in [1.165, 1.54) is 0 Å². The SMILES string of the molecule is CC(N)=N/N=C(\C)c1ccc(NC(=O)c2cc3c(ccc4ccccc43)[nH]2)cc1. The van der Waals surface area contributed by atoms with Crippen LogP contribution in [0.5, 0.6) is 0 Å². The number of hydrogen-bond acceptors (Lipinski definition) is 3. The molecule has 3 aromatic carbocycles. The largest absolute Gasteiger partial charge is 0.386 e. The topological polar surface area (TPSA) is 95.6 Å². The maximum absolute atomic E-state index is 12.7. The highest BCUT2D eigenvalue weighted by Gasteiger charge is 2.12. The molecule has 144 valence electrons. The molecule has 0 aliphatic heterocycles. The number of aromatic amines is 1. The Hall–Kier alpha value is -3.93. The molecule has 0 aliphatic rings. The molecule has 29 heavy (non-hydrogen) atoms. The van der Waals surface area contributed by atoms with E-state index in [4.69, 9.17) is 5.73 Å². The van der Waals surface area contributed by atoms with Crippen LogP contribution in [0.25, 0.3) is 21.7 Å². The fourth-order valence-corrected chi connectivity index (χ4v) is 3.21. The smallest absolute Gasteiger partial charge is 0.272 e.